The van der Waals surface area contributed by atoms with Crippen LogP contribution in [0.15, 0.2) is 24.3 Å². The summed E-state index contributed by atoms with van der Waals surface area (Å²) < 4.78 is 5.39. The molecule has 3 nitrogen and oxygen atoms in total. The molecule has 1 aromatic rings. The molecule has 0 unspecified atom stereocenters. The van der Waals surface area contributed by atoms with Crippen LogP contribution in [-0.2, 0) is 17.8 Å². The lowest BCUT2D eigenvalue weighted by Crippen LogP contribution is -2.29. The first kappa shape index (κ1) is 13.5. The highest BCUT2D eigenvalue weighted by atomic mass is 16.5. The van der Waals surface area contributed by atoms with Crippen LogP contribution in [0.2, 0.25) is 0 Å². The Bertz CT molecular complexity index is 344. The van der Waals surface area contributed by atoms with E-state index in [1.54, 1.807) is 0 Å². The van der Waals surface area contributed by atoms with Crippen molar-refractivity contribution >= 4 is 0 Å². The van der Waals surface area contributed by atoms with Crippen LogP contribution in [0.1, 0.15) is 24.0 Å². The standard InChI is InChI=1S/C15H24N2O/c1-17(12-15-6-8-18-9-7-15)11-14-4-2-13(10-16)3-5-14/h2-5,15H,6-12,16H2,1H3. The molecule has 0 amide bonds. The molecule has 2 N–H and O–H groups in total. The number of nitrogens with two attached hydrogens (primary N) is 1. The molecule has 0 saturated carbocycles. The maximum Gasteiger partial charge on any atom is 0.0469 e. The predicted molar refractivity (Wildman–Crippen MR) is 74.2 cm³/mol. The van der Waals surface area contributed by atoms with E-state index in [-0.39, 0.29) is 0 Å². The Morgan fingerprint density at radius 3 is 2.39 bits per heavy atom. The summed E-state index contributed by atoms with van der Waals surface area (Å²) in [6, 6.07) is 8.61. The van der Waals surface area contributed by atoms with Crippen molar-refractivity contribution in [3.05, 3.63) is 35.4 Å². The molecule has 1 aliphatic heterocycles. The molecule has 0 bridgehead atoms. The number of hydrogen-bond acceptors (Lipinski definition) is 3. The van der Waals surface area contributed by atoms with Crippen LogP contribution in [0.4, 0.5) is 0 Å². The first-order valence-corrected chi connectivity index (χ1v) is 6.82. The highest BCUT2D eigenvalue weighted by molar-refractivity contribution is 5.22. The first-order chi connectivity index (χ1) is 8.78. The monoisotopic (exact) mass is 248 g/mol. The molecule has 0 aromatic heterocycles. The number of benzene rings is 1. The van der Waals surface area contributed by atoms with E-state index in [1.807, 2.05) is 0 Å². The van der Waals surface area contributed by atoms with E-state index in [0.717, 1.165) is 25.7 Å². The third kappa shape index (κ3) is 4.09. The second-order valence-corrected chi connectivity index (χ2v) is 5.27. The van der Waals surface area contributed by atoms with Crippen molar-refractivity contribution in [3.8, 4) is 0 Å². The summed E-state index contributed by atoms with van der Waals surface area (Å²) in [5.41, 5.74) is 8.17. The van der Waals surface area contributed by atoms with Crippen LogP contribution >= 0.6 is 0 Å². The van der Waals surface area contributed by atoms with Crippen molar-refractivity contribution in [2.24, 2.45) is 11.7 Å². The average Bonchev–Trinajstić information content (AvgIpc) is 2.40. The fraction of sp³-hybridized carbons (Fsp3) is 0.600. The van der Waals surface area contributed by atoms with Gasteiger partial charge in [-0.25, -0.2) is 0 Å². The zero-order valence-electron chi connectivity index (χ0n) is 11.3. The minimum absolute atomic E-state index is 0.623. The largest absolute Gasteiger partial charge is 0.381 e. The maximum atomic E-state index is 5.60. The van der Waals surface area contributed by atoms with Gasteiger partial charge in [0.1, 0.15) is 0 Å². The van der Waals surface area contributed by atoms with Crippen molar-refractivity contribution in [2.75, 3.05) is 26.8 Å². The molecule has 1 heterocycles. The Kier molecular flexibility index (Phi) is 5.17. The van der Waals surface area contributed by atoms with Gasteiger partial charge in [0.05, 0.1) is 0 Å². The molecule has 2 rings (SSSR count). The van der Waals surface area contributed by atoms with Crippen molar-refractivity contribution in [1.29, 1.82) is 0 Å². The Balaban J connectivity index is 1.80. The van der Waals surface area contributed by atoms with E-state index in [9.17, 15) is 0 Å². The lowest BCUT2D eigenvalue weighted by molar-refractivity contribution is 0.0549. The van der Waals surface area contributed by atoms with Crippen LogP contribution in [0.3, 0.4) is 0 Å². The van der Waals surface area contributed by atoms with Crippen LogP contribution < -0.4 is 5.73 Å². The van der Waals surface area contributed by atoms with E-state index < -0.39 is 0 Å². The first-order valence-electron chi connectivity index (χ1n) is 6.82. The second kappa shape index (κ2) is 6.88. The summed E-state index contributed by atoms with van der Waals surface area (Å²) in [4.78, 5) is 2.41. The van der Waals surface area contributed by atoms with Gasteiger partial charge in [-0.3, -0.25) is 0 Å². The van der Waals surface area contributed by atoms with Crippen LogP contribution in [0, 0.1) is 5.92 Å². The predicted octanol–water partition coefficient (Wildman–Crippen LogP) is 2.00. The molecule has 100 valence electrons. The molecule has 1 aromatic carbocycles. The summed E-state index contributed by atoms with van der Waals surface area (Å²) in [5.74, 6) is 0.798. The van der Waals surface area contributed by atoms with Gasteiger partial charge >= 0.3 is 0 Å². The fourth-order valence-corrected chi connectivity index (χ4v) is 2.53. The molecule has 0 aliphatic carbocycles. The van der Waals surface area contributed by atoms with E-state index >= 15 is 0 Å². The summed E-state index contributed by atoms with van der Waals surface area (Å²) >= 11 is 0. The molecular weight excluding hydrogens is 224 g/mol. The molecule has 1 saturated heterocycles. The SMILES string of the molecule is CN(Cc1ccc(CN)cc1)CC1CCOCC1. The third-order valence-corrected chi connectivity index (χ3v) is 3.62. The molecule has 0 spiro atoms. The minimum atomic E-state index is 0.623. The van der Waals surface area contributed by atoms with Gasteiger partial charge in [-0.2, -0.15) is 0 Å². The molecule has 3 heteroatoms. The summed E-state index contributed by atoms with van der Waals surface area (Å²) in [6.45, 7) is 4.68. The second-order valence-electron chi connectivity index (χ2n) is 5.27. The molecular formula is C15H24N2O. The van der Waals surface area contributed by atoms with Crippen molar-refractivity contribution in [3.63, 3.8) is 0 Å². The minimum Gasteiger partial charge on any atom is -0.381 e. The highest BCUT2D eigenvalue weighted by Crippen LogP contribution is 2.16. The summed E-state index contributed by atoms with van der Waals surface area (Å²) in [7, 11) is 2.20. The number of hydrogen-bond donors (Lipinski definition) is 1. The van der Waals surface area contributed by atoms with Gasteiger partial charge in [0.15, 0.2) is 0 Å². The highest BCUT2D eigenvalue weighted by Gasteiger charge is 2.15. The van der Waals surface area contributed by atoms with Crippen LogP contribution in [0.25, 0.3) is 0 Å². The smallest absolute Gasteiger partial charge is 0.0469 e. The van der Waals surface area contributed by atoms with Gasteiger partial charge in [-0.15, -0.1) is 0 Å². The van der Waals surface area contributed by atoms with E-state index in [2.05, 4.69) is 36.2 Å². The molecule has 1 aliphatic rings. The quantitative estimate of drug-likeness (QED) is 0.866. The fourth-order valence-electron chi connectivity index (χ4n) is 2.53. The van der Waals surface area contributed by atoms with Gasteiger partial charge in [-0.1, -0.05) is 24.3 Å². The average molecular weight is 248 g/mol. The van der Waals surface area contributed by atoms with Gasteiger partial charge in [0.25, 0.3) is 0 Å². The zero-order valence-corrected chi connectivity index (χ0v) is 11.3. The lowest BCUT2D eigenvalue weighted by Gasteiger charge is -2.27. The Morgan fingerprint density at radius 2 is 1.78 bits per heavy atom. The van der Waals surface area contributed by atoms with Gasteiger partial charge in [-0.05, 0) is 36.9 Å². The van der Waals surface area contributed by atoms with Crippen molar-refractivity contribution in [1.82, 2.24) is 4.90 Å². The third-order valence-electron chi connectivity index (χ3n) is 3.62. The van der Waals surface area contributed by atoms with Crippen LogP contribution in [0.5, 0.6) is 0 Å². The number of nitrogens with zero attached hydrogens (tertiary/aromatic N) is 1. The van der Waals surface area contributed by atoms with Gasteiger partial charge < -0.3 is 15.4 Å². The van der Waals surface area contributed by atoms with Gasteiger partial charge in [0.2, 0.25) is 0 Å². The van der Waals surface area contributed by atoms with E-state index in [0.29, 0.717) is 6.54 Å². The molecule has 0 atom stereocenters. The summed E-state index contributed by atoms with van der Waals surface area (Å²) in [6.07, 6.45) is 2.41. The maximum absolute atomic E-state index is 5.60. The van der Waals surface area contributed by atoms with E-state index in [4.69, 9.17) is 10.5 Å². The molecule has 18 heavy (non-hydrogen) atoms. The van der Waals surface area contributed by atoms with Crippen molar-refractivity contribution in [2.45, 2.75) is 25.9 Å². The number of rotatable bonds is 5. The molecule has 1 fully saturated rings. The Morgan fingerprint density at radius 1 is 1.17 bits per heavy atom. The number of ether oxygens (including phenoxy) is 1. The molecule has 0 radical (unpaired) electrons. The summed E-state index contributed by atoms with van der Waals surface area (Å²) in [5, 5.41) is 0. The van der Waals surface area contributed by atoms with Crippen LogP contribution in [-0.4, -0.2) is 31.7 Å². The van der Waals surface area contributed by atoms with E-state index in [1.165, 1.54) is 30.5 Å². The zero-order chi connectivity index (χ0) is 12.8. The Hall–Kier alpha value is -0.900. The van der Waals surface area contributed by atoms with Gasteiger partial charge in [0, 0.05) is 32.8 Å². The topological polar surface area (TPSA) is 38.5 Å². The normalized spacial score (nSPS) is 17.3. The lowest BCUT2D eigenvalue weighted by atomic mass is 9.99. The Labute approximate surface area is 110 Å². The van der Waals surface area contributed by atoms with Crippen molar-refractivity contribution < 1.29 is 4.74 Å².